The summed E-state index contributed by atoms with van der Waals surface area (Å²) in [4.78, 5) is 8.55. The molecule has 1 aromatic carbocycles. The number of aromatic nitrogens is 1. The summed E-state index contributed by atoms with van der Waals surface area (Å²) < 4.78 is 0. The molecule has 0 bridgehead atoms. The summed E-state index contributed by atoms with van der Waals surface area (Å²) in [6, 6.07) is 10.6. The summed E-state index contributed by atoms with van der Waals surface area (Å²) in [6.45, 7) is 3.86. The number of para-hydroxylation sites is 1. The lowest BCUT2D eigenvalue weighted by atomic mass is 10.2. The minimum atomic E-state index is 0.611. The molecular weight excluding hydrogens is 278 g/mol. The number of rotatable bonds is 7. The molecule has 0 radical (unpaired) electrons. The van der Waals surface area contributed by atoms with Crippen LogP contribution in [0.3, 0.4) is 0 Å². The van der Waals surface area contributed by atoms with E-state index in [9.17, 15) is 0 Å². The van der Waals surface area contributed by atoms with Gasteiger partial charge in [-0.15, -0.1) is 0 Å². The van der Waals surface area contributed by atoms with Gasteiger partial charge in [-0.1, -0.05) is 42.9 Å². The number of unbranched alkanes of at least 4 members (excludes halogenated alkanes) is 1. The zero-order valence-electron chi connectivity index (χ0n) is 12.6. The standard InChI is InChI=1S/C17H23N3S/c1-2-3-11-20(14-7-5-4-6-8-14)17-19-16(13-9-10-13)15(12-18)21-17/h4-8,13H,2-3,9-12,18H2,1H3. The molecule has 3 nitrogen and oxygen atoms in total. The molecular formula is C17H23N3S. The Hall–Kier alpha value is -1.39. The maximum atomic E-state index is 5.92. The lowest BCUT2D eigenvalue weighted by molar-refractivity contribution is 0.782. The molecule has 1 saturated carbocycles. The Morgan fingerprint density at radius 2 is 2.05 bits per heavy atom. The predicted octanol–water partition coefficient (Wildman–Crippen LogP) is 4.42. The molecule has 4 heteroatoms. The van der Waals surface area contributed by atoms with Crippen LogP contribution in [0.25, 0.3) is 0 Å². The quantitative estimate of drug-likeness (QED) is 0.823. The van der Waals surface area contributed by atoms with Crippen LogP contribution in [0.5, 0.6) is 0 Å². The van der Waals surface area contributed by atoms with Crippen LogP contribution in [-0.4, -0.2) is 11.5 Å². The third-order valence-corrected chi connectivity index (χ3v) is 5.02. The molecule has 0 aliphatic heterocycles. The first-order valence-corrected chi connectivity index (χ1v) is 8.67. The van der Waals surface area contributed by atoms with Crippen LogP contribution in [0.2, 0.25) is 0 Å². The molecule has 0 atom stereocenters. The van der Waals surface area contributed by atoms with Crippen LogP contribution in [-0.2, 0) is 6.54 Å². The number of hydrogen-bond acceptors (Lipinski definition) is 4. The fourth-order valence-electron chi connectivity index (χ4n) is 2.55. The molecule has 0 saturated heterocycles. The highest BCUT2D eigenvalue weighted by molar-refractivity contribution is 7.15. The van der Waals surface area contributed by atoms with Crippen molar-refractivity contribution in [2.45, 2.75) is 45.1 Å². The van der Waals surface area contributed by atoms with E-state index in [-0.39, 0.29) is 0 Å². The average molecular weight is 301 g/mol. The average Bonchev–Trinajstić information content (AvgIpc) is 3.29. The monoisotopic (exact) mass is 301 g/mol. The molecule has 3 rings (SSSR count). The normalized spacial score (nSPS) is 14.4. The summed E-state index contributed by atoms with van der Waals surface area (Å²) in [6.07, 6.45) is 4.91. The second kappa shape index (κ2) is 6.58. The summed E-state index contributed by atoms with van der Waals surface area (Å²) in [5, 5.41) is 1.11. The molecule has 2 N–H and O–H groups in total. The van der Waals surface area contributed by atoms with E-state index >= 15 is 0 Å². The van der Waals surface area contributed by atoms with Crippen LogP contribution in [0, 0.1) is 0 Å². The predicted molar refractivity (Wildman–Crippen MR) is 90.3 cm³/mol. The Labute approximate surface area is 130 Å². The molecule has 1 aliphatic carbocycles. The first kappa shape index (κ1) is 14.5. The van der Waals surface area contributed by atoms with Crippen molar-refractivity contribution in [1.82, 2.24) is 4.98 Å². The lowest BCUT2D eigenvalue weighted by Gasteiger charge is -2.21. The highest BCUT2D eigenvalue weighted by atomic mass is 32.1. The van der Waals surface area contributed by atoms with Gasteiger partial charge < -0.3 is 10.6 Å². The Morgan fingerprint density at radius 3 is 2.67 bits per heavy atom. The third kappa shape index (κ3) is 3.27. The van der Waals surface area contributed by atoms with E-state index in [1.54, 1.807) is 11.3 Å². The fraction of sp³-hybridized carbons (Fsp3) is 0.471. The fourth-order valence-corrected chi connectivity index (χ4v) is 3.62. The van der Waals surface area contributed by atoms with Crippen molar-refractivity contribution in [2.75, 3.05) is 11.4 Å². The number of anilines is 2. The summed E-state index contributed by atoms with van der Waals surface area (Å²) in [5.74, 6) is 0.664. The second-order valence-electron chi connectivity index (χ2n) is 5.62. The van der Waals surface area contributed by atoms with Crippen LogP contribution in [0.15, 0.2) is 30.3 Å². The van der Waals surface area contributed by atoms with Crippen molar-refractivity contribution >= 4 is 22.2 Å². The van der Waals surface area contributed by atoms with Gasteiger partial charge in [-0.05, 0) is 31.4 Å². The van der Waals surface area contributed by atoms with Gasteiger partial charge in [0.25, 0.3) is 0 Å². The largest absolute Gasteiger partial charge is 0.326 e. The Morgan fingerprint density at radius 1 is 1.29 bits per heavy atom. The Kier molecular flexibility index (Phi) is 4.56. The lowest BCUT2D eigenvalue weighted by Crippen LogP contribution is -2.18. The highest BCUT2D eigenvalue weighted by Crippen LogP contribution is 2.44. The summed E-state index contributed by atoms with van der Waals surface area (Å²) in [7, 11) is 0. The van der Waals surface area contributed by atoms with E-state index in [0.717, 1.165) is 11.7 Å². The van der Waals surface area contributed by atoms with E-state index in [0.29, 0.717) is 12.5 Å². The smallest absolute Gasteiger partial charge is 0.190 e. The highest BCUT2D eigenvalue weighted by Gasteiger charge is 2.30. The third-order valence-electron chi connectivity index (χ3n) is 3.90. The maximum Gasteiger partial charge on any atom is 0.190 e. The van der Waals surface area contributed by atoms with Gasteiger partial charge in [0.05, 0.1) is 5.69 Å². The van der Waals surface area contributed by atoms with E-state index < -0.39 is 0 Å². The van der Waals surface area contributed by atoms with E-state index in [1.165, 1.54) is 41.9 Å². The van der Waals surface area contributed by atoms with Crippen molar-refractivity contribution in [3.8, 4) is 0 Å². The van der Waals surface area contributed by atoms with Gasteiger partial charge in [-0.2, -0.15) is 0 Å². The second-order valence-corrected chi connectivity index (χ2v) is 6.69. The number of nitrogens with zero attached hydrogens (tertiary/aromatic N) is 2. The van der Waals surface area contributed by atoms with Crippen molar-refractivity contribution in [3.63, 3.8) is 0 Å². The number of benzene rings is 1. The number of thiazole rings is 1. The molecule has 21 heavy (non-hydrogen) atoms. The van der Waals surface area contributed by atoms with Gasteiger partial charge in [0.1, 0.15) is 0 Å². The molecule has 0 spiro atoms. The minimum absolute atomic E-state index is 0.611. The summed E-state index contributed by atoms with van der Waals surface area (Å²) in [5.41, 5.74) is 8.41. The zero-order chi connectivity index (χ0) is 14.7. The molecule has 2 aromatic rings. The zero-order valence-corrected chi connectivity index (χ0v) is 13.4. The number of nitrogens with two attached hydrogens (primary N) is 1. The first-order chi connectivity index (χ1) is 10.3. The molecule has 1 heterocycles. The van der Waals surface area contributed by atoms with Crippen molar-refractivity contribution < 1.29 is 0 Å². The van der Waals surface area contributed by atoms with Gasteiger partial charge >= 0.3 is 0 Å². The van der Waals surface area contributed by atoms with Crippen molar-refractivity contribution in [1.29, 1.82) is 0 Å². The van der Waals surface area contributed by atoms with Crippen molar-refractivity contribution in [2.24, 2.45) is 5.73 Å². The van der Waals surface area contributed by atoms with Crippen LogP contribution < -0.4 is 10.6 Å². The van der Waals surface area contributed by atoms with E-state index in [2.05, 4.69) is 42.2 Å². The van der Waals surface area contributed by atoms with E-state index in [1.807, 2.05) is 0 Å². The minimum Gasteiger partial charge on any atom is -0.326 e. The van der Waals surface area contributed by atoms with E-state index in [4.69, 9.17) is 10.7 Å². The van der Waals surface area contributed by atoms with Gasteiger partial charge in [-0.25, -0.2) is 4.98 Å². The van der Waals surface area contributed by atoms with Gasteiger partial charge in [-0.3, -0.25) is 0 Å². The Balaban J connectivity index is 1.92. The SMILES string of the molecule is CCCCN(c1ccccc1)c1nc(C2CC2)c(CN)s1. The Bertz CT molecular complexity index is 575. The van der Waals surface area contributed by atoms with Crippen molar-refractivity contribution in [3.05, 3.63) is 40.9 Å². The van der Waals surface area contributed by atoms with Crippen LogP contribution >= 0.6 is 11.3 Å². The van der Waals surface area contributed by atoms with Gasteiger partial charge in [0, 0.05) is 29.6 Å². The topological polar surface area (TPSA) is 42.2 Å². The van der Waals surface area contributed by atoms with Gasteiger partial charge in [0.15, 0.2) is 5.13 Å². The van der Waals surface area contributed by atoms with Crippen LogP contribution in [0.1, 0.15) is 49.1 Å². The molecule has 112 valence electrons. The first-order valence-electron chi connectivity index (χ1n) is 7.85. The maximum absolute atomic E-state index is 5.92. The molecule has 0 amide bonds. The molecule has 0 unspecified atom stereocenters. The number of hydrogen-bond donors (Lipinski definition) is 1. The summed E-state index contributed by atoms with van der Waals surface area (Å²) >= 11 is 1.77. The molecule has 1 fully saturated rings. The molecule has 1 aliphatic rings. The van der Waals surface area contributed by atoms with Crippen LogP contribution in [0.4, 0.5) is 10.8 Å². The van der Waals surface area contributed by atoms with Gasteiger partial charge in [0.2, 0.25) is 0 Å². The molecule has 1 aromatic heterocycles.